The van der Waals surface area contributed by atoms with Crippen molar-refractivity contribution in [2.24, 2.45) is 0 Å². The van der Waals surface area contributed by atoms with Gasteiger partial charge in [-0.1, -0.05) is 30.3 Å². The van der Waals surface area contributed by atoms with E-state index in [4.69, 9.17) is 0 Å². The minimum absolute atomic E-state index is 0.0285. The second-order valence-electron chi connectivity index (χ2n) is 5.21. The van der Waals surface area contributed by atoms with Crippen LogP contribution in [0.5, 0.6) is 0 Å². The Labute approximate surface area is 132 Å². The van der Waals surface area contributed by atoms with Gasteiger partial charge >= 0.3 is 0 Å². The zero-order valence-electron chi connectivity index (χ0n) is 11.8. The van der Waals surface area contributed by atoms with E-state index in [2.05, 4.69) is 27.3 Å². The summed E-state index contributed by atoms with van der Waals surface area (Å²) in [6.07, 6.45) is 1.79. The van der Waals surface area contributed by atoms with Crippen molar-refractivity contribution < 1.29 is 4.79 Å². The number of fused-ring (bicyclic) bond motifs is 3. The number of hydrogen-bond acceptors (Lipinski definition) is 3. The Bertz CT molecular complexity index is 806. The Balaban J connectivity index is 1.64. The van der Waals surface area contributed by atoms with E-state index in [0.29, 0.717) is 6.54 Å². The van der Waals surface area contributed by atoms with Crippen molar-refractivity contribution in [2.75, 3.05) is 0 Å². The summed E-state index contributed by atoms with van der Waals surface area (Å²) in [5.74, 6) is -0.0285. The molecular weight excluding hydrogens is 294 g/mol. The van der Waals surface area contributed by atoms with Gasteiger partial charge in [0.2, 0.25) is 0 Å². The smallest absolute Gasteiger partial charge is 0.265 e. The highest BCUT2D eigenvalue weighted by atomic mass is 32.1. The average Bonchev–Trinajstić information content (AvgIpc) is 3.18. The van der Waals surface area contributed by atoms with Crippen molar-refractivity contribution in [1.29, 1.82) is 0 Å². The summed E-state index contributed by atoms with van der Waals surface area (Å²) in [4.78, 5) is 13.2. The Morgan fingerprint density at radius 1 is 1.14 bits per heavy atom. The molecule has 0 radical (unpaired) electrons. The fourth-order valence-electron chi connectivity index (χ4n) is 2.75. The summed E-state index contributed by atoms with van der Waals surface area (Å²) in [6.45, 7) is 0.699. The molecule has 0 fully saturated rings. The molecule has 1 atom stereocenters. The third-order valence-electron chi connectivity index (χ3n) is 3.81. The topological polar surface area (TPSA) is 46.1 Å². The van der Waals surface area contributed by atoms with Crippen molar-refractivity contribution in [3.8, 4) is 5.69 Å². The van der Waals surface area contributed by atoms with E-state index in [9.17, 15) is 4.79 Å². The van der Waals surface area contributed by atoms with Crippen LogP contribution in [0.25, 0.3) is 5.69 Å². The molecule has 4 rings (SSSR count). The van der Waals surface area contributed by atoms with Crippen molar-refractivity contribution >= 4 is 17.2 Å². The van der Waals surface area contributed by atoms with Gasteiger partial charge in [-0.15, -0.1) is 11.3 Å². The molecule has 4 nitrogen and oxygen atoms in total. The van der Waals surface area contributed by atoms with Crippen LogP contribution in [0.1, 0.15) is 27.1 Å². The minimum atomic E-state index is -0.206. The van der Waals surface area contributed by atoms with Gasteiger partial charge in [0, 0.05) is 12.7 Å². The van der Waals surface area contributed by atoms with Gasteiger partial charge in [-0.25, -0.2) is 0 Å². The maximum atomic E-state index is 12.4. The Morgan fingerprint density at radius 3 is 2.86 bits per heavy atom. The van der Waals surface area contributed by atoms with Crippen LogP contribution in [0.2, 0.25) is 0 Å². The van der Waals surface area contributed by atoms with Gasteiger partial charge in [-0.05, 0) is 29.1 Å². The number of nitrogens with zero attached hydrogens (tertiary/aromatic N) is 1. The first kappa shape index (κ1) is 13.3. The quantitative estimate of drug-likeness (QED) is 0.781. The number of nitrogens with one attached hydrogen (secondary N) is 2. The molecule has 1 unspecified atom stereocenters. The largest absolute Gasteiger partial charge is 0.330 e. The number of benzene rings is 1. The summed E-state index contributed by atoms with van der Waals surface area (Å²) >= 11 is 1.47. The predicted molar refractivity (Wildman–Crippen MR) is 87.1 cm³/mol. The number of aromatic nitrogens is 1. The number of thiophene rings is 1. The lowest BCUT2D eigenvalue weighted by Crippen LogP contribution is -2.37. The molecule has 0 aliphatic carbocycles. The maximum Gasteiger partial charge on any atom is 0.265 e. The van der Waals surface area contributed by atoms with E-state index >= 15 is 0 Å². The Kier molecular flexibility index (Phi) is 3.29. The zero-order chi connectivity index (χ0) is 14.9. The molecule has 3 aromatic rings. The van der Waals surface area contributed by atoms with Gasteiger partial charge < -0.3 is 9.88 Å². The number of carbonyl (C=O) groups is 1. The number of hydrogen-bond donors (Lipinski definition) is 2. The molecule has 1 aromatic carbocycles. The number of rotatable bonds is 3. The molecule has 2 N–H and O–H groups in total. The number of carbonyl (C=O) groups excluding carboxylic acids is 1. The summed E-state index contributed by atoms with van der Waals surface area (Å²) in [6, 6.07) is 16.2. The number of amides is 1. The molecular formula is C17H15N3OS. The predicted octanol–water partition coefficient (Wildman–Crippen LogP) is 3.07. The molecule has 0 bridgehead atoms. The highest BCUT2D eigenvalue weighted by Gasteiger charge is 2.26. The first-order chi connectivity index (χ1) is 10.8. The van der Waals surface area contributed by atoms with E-state index in [0.717, 1.165) is 16.3 Å². The highest BCUT2D eigenvalue weighted by Crippen LogP contribution is 2.28. The Morgan fingerprint density at radius 2 is 2.00 bits per heavy atom. The maximum absolute atomic E-state index is 12.4. The molecule has 0 spiro atoms. The second kappa shape index (κ2) is 5.44. The van der Waals surface area contributed by atoms with Crippen LogP contribution in [0.15, 0.2) is 60.1 Å². The lowest BCUT2D eigenvalue weighted by Gasteiger charge is -2.19. The molecule has 1 amide bonds. The van der Waals surface area contributed by atoms with Gasteiger partial charge in [0.1, 0.15) is 11.0 Å². The lowest BCUT2D eigenvalue weighted by molar-refractivity contribution is 0.0934. The molecule has 2 aromatic heterocycles. The summed E-state index contributed by atoms with van der Waals surface area (Å²) in [5, 5.41) is 8.45. The molecule has 5 heteroatoms. The van der Waals surface area contributed by atoms with Crippen LogP contribution < -0.4 is 10.6 Å². The normalized spacial score (nSPS) is 16.5. The third-order valence-corrected chi connectivity index (χ3v) is 4.72. The molecule has 1 aliphatic rings. The fourth-order valence-corrected chi connectivity index (χ4v) is 3.54. The van der Waals surface area contributed by atoms with E-state index in [1.807, 2.05) is 48.0 Å². The van der Waals surface area contributed by atoms with Gasteiger partial charge in [0.15, 0.2) is 0 Å². The van der Waals surface area contributed by atoms with E-state index in [1.165, 1.54) is 16.9 Å². The van der Waals surface area contributed by atoms with Crippen LogP contribution in [0, 0.1) is 0 Å². The van der Waals surface area contributed by atoms with Gasteiger partial charge in [0.25, 0.3) is 5.91 Å². The molecule has 0 saturated heterocycles. The van der Waals surface area contributed by atoms with Gasteiger partial charge in [0.05, 0.1) is 11.4 Å². The van der Waals surface area contributed by atoms with Crippen LogP contribution in [-0.2, 0) is 6.54 Å². The first-order valence-electron chi connectivity index (χ1n) is 7.16. The van der Waals surface area contributed by atoms with Crippen LogP contribution >= 0.6 is 11.3 Å². The molecule has 110 valence electrons. The SMILES string of the molecule is O=C1NC(NCc2ccccc2)c2cccn2-c2ccsc21. The van der Waals surface area contributed by atoms with Gasteiger partial charge in [-0.3, -0.25) is 10.1 Å². The second-order valence-corrected chi connectivity index (χ2v) is 6.13. The summed E-state index contributed by atoms with van der Waals surface area (Å²) in [5.41, 5.74) is 3.18. The standard InChI is InChI=1S/C17H15N3OS/c21-17-15-13(8-10-22-15)20-9-4-7-14(20)16(19-17)18-11-12-5-2-1-3-6-12/h1-10,16,18H,11H2,(H,19,21). The highest BCUT2D eigenvalue weighted by molar-refractivity contribution is 7.12. The lowest BCUT2D eigenvalue weighted by atomic mass is 10.2. The fraction of sp³-hybridized carbons (Fsp3) is 0.118. The minimum Gasteiger partial charge on any atom is -0.330 e. The van der Waals surface area contributed by atoms with E-state index in [-0.39, 0.29) is 12.1 Å². The molecule has 1 aliphatic heterocycles. The third kappa shape index (κ3) is 2.24. The van der Waals surface area contributed by atoms with Gasteiger partial charge in [-0.2, -0.15) is 0 Å². The molecule has 22 heavy (non-hydrogen) atoms. The first-order valence-corrected chi connectivity index (χ1v) is 8.04. The van der Waals surface area contributed by atoms with Crippen molar-refractivity contribution in [3.05, 3.63) is 76.2 Å². The summed E-state index contributed by atoms with van der Waals surface area (Å²) in [7, 11) is 0. The van der Waals surface area contributed by atoms with Crippen LogP contribution in [0.4, 0.5) is 0 Å². The zero-order valence-corrected chi connectivity index (χ0v) is 12.6. The van der Waals surface area contributed by atoms with E-state index in [1.54, 1.807) is 0 Å². The van der Waals surface area contributed by atoms with Crippen LogP contribution in [-0.4, -0.2) is 10.5 Å². The Hall–Kier alpha value is -2.37. The van der Waals surface area contributed by atoms with Crippen molar-refractivity contribution in [2.45, 2.75) is 12.7 Å². The van der Waals surface area contributed by atoms with Crippen molar-refractivity contribution in [3.63, 3.8) is 0 Å². The van der Waals surface area contributed by atoms with Crippen LogP contribution in [0.3, 0.4) is 0 Å². The molecule has 0 saturated carbocycles. The monoisotopic (exact) mass is 309 g/mol. The molecule has 3 heterocycles. The average molecular weight is 309 g/mol. The van der Waals surface area contributed by atoms with Crippen molar-refractivity contribution in [1.82, 2.24) is 15.2 Å². The van der Waals surface area contributed by atoms with E-state index < -0.39 is 0 Å². The summed E-state index contributed by atoms with van der Waals surface area (Å²) < 4.78 is 2.08.